The lowest BCUT2D eigenvalue weighted by Gasteiger charge is -2.41. The maximum atomic E-state index is 13.3. The molecule has 0 bridgehead atoms. The van der Waals surface area contributed by atoms with Gasteiger partial charge in [-0.25, -0.2) is 9.59 Å². The summed E-state index contributed by atoms with van der Waals surface area (Å²) in [5.41, 5.74) is 4.22. The van der Waals surface area contributed by atoms with Gasteiger partial charge in [-0.05, 0) is 66.6 Å². The Morgan fingerprint density at radius 3 is 1.94 bits per heavy atom. The first kappa shape index (κ1) is 34.9. The SMILES string of the molecule is COC(=O)C1(NC(=O)C(C)c2ccccc2)CCN(c2cccc(C(C)C(=O)N[C@@H](Cc3ccc(-c4ccccc4)cc3)C(=O)O)c2)CC1. The number of hydrogen-bond donors (Lipinski definition) is 3. The van der Waals surface area contributed by atoms with Gasteiger partial charge in [-0.1, -0.05) is 97.1 Å². The second-order valence-electron chi connectivity index (χ2n) is 12.7. The average Bonchev–Trinajstić information content (AvgIpc) is 3.14. The Labute approximate surface area is 287 Å². The van der Waals surface area contributed by atoms with Crippen molar-refractivity contribution in [1.82, 2.24) is 10.6 Å². The fraction of sp³-hybridized carbons (Fsp3) is 0.300. The van der Waals surface area contributed by atoms with Crippen molar-refractivity contribution in [3.05, 3.63) is 126 Å². The third-order valence-corrected chi connectivity index (χ3v) is 9.49. The Kier molecular flexibility index (Phi) is 11.1. The van der Waals surface area contributed by atoms with E-state index in [-0.39, 0.29) is 18.2 Å². The Hall–Kier alpha value is -5.44. The number of piperidine rings is 1. The quantitative estimate of drug-likeness (QED) is 0.166. The zero-order valence-electron chi connectivity index (χ0n) is 28.1. The highest BCUT2D eigenvalue weighted by Gasteiger charge is 2.44. The molecule has 0 radical (unpaired) electrons. The molecule has 9 nitrogen and oxygen atoms in total. The van der Waals surface area contributed by atoms with Crippen LogP contribution >= 0.6 is 0 Å². The molecule has 5 rings (SSSR count). The largest absolute Gasteiger partial charge is 0.480 e. The van der Waals surface area contributed by atoms with Crippen molar-refractivity contribution in [3.63, 3.8) is 0 Å². The van der Waals surface area contributed by atoms with E-state index in [1.807, 2.05) is 116 Å². The number of ether oxygens (including phenoxy) is 1. The molecule has 2 amide bonds. The summed E-state index contributed by atoms with van der Waals surface area (Å²) >= 11 is 0. The molecule has 0 aromatic heterocycles. The normalized spacial score (nSPS) is 15.7. The molecule has 1 aliphatic rings. The number of aliphatic carboxylic acids is 1. The van der Waals surface area contributed by atoms with Crippen LogP contribution in [-0.2, 0) is 30.3 Å². The van der Waals surface area contributed by atoms with Crippen LogP contribution in [0.5, 0.6) is 0 Å². The fourth-order valence-corrected chi connectivity index (χ4v) is 6.30. The molecule has 49 heavy (non-hydrogen) atoms. The van der Waals surface area contributed by atoms with E-state index in [1.165, 1.54) is 7.11 Å². The number of esters is 1. The molecule has 0 saturated carbocycles. The third-order valence-electron chi connectivity index (χ3n) is 9.49. The molecule has 3 atom stereocenters. The second kappa shape index (κ2) is 15.6. The van der Waals surface area contributed by atoms with E-state index in [9.17, 15) is 24.3 Å². The van der Waals surface area contributed by atoms with E-state index in [4.69, 9.17) is 4.74 Å². The van der Waals surface area contributed by atoms with Crippen LogP contribution in [0.25, 0.3) is 11.1 Å². The van der Waals surface area contributed by atoms with Gasteiger partial charge in [0.05, 0.1) is 18.9 Å². The van der Waals surface area contributed by atoms with E-state index in [0.717, 1.165) is 33.5 Å². The highest BCUT2D eigenvalue weighted by atomic mass is 16.5. The standard InChI is InChI=1S/C40H43N3O6/c1-27(30-11-6-4-7-12-30)37(45)42-40(39(48)49-3)21-23-43(24-22-40)34-16-10-15-33(26-34)28(2)36(44)41-35(38(46)47)25-29-17-19-32(20-18-29)31-13-8-5-9-14-31/h4-20,26-28,35H,21-25H2,1-3H3,(H,41,44)(H,42,45)(H,46,47)/t27?,28?,35-/m0/s1. The van der Waals surface area contributed by atoms with Gasteiger partial charge >= 0.3 is 11.9 Å². The first-order valence-corrected chi connectivity index (χ1v) is 16.6. The highest BCUT2D eigenvalue weighted by Crippen LogP contribution is 2.31. The van der Waals surface area contributed by atoms with Crippen molar-refractivity contribution >= 4 is 29.4 Å². The van der Waals surface area contributed by atoms with Gasteiger partial charge in [0.25, 0.3) is 0 Å². The molecule has 1 aliphatic heterocycles. The van der Waals surface area contributed by atoms with Crippen molar-refractivity contribution in [2.45, 2.75) is 56.5 Å². The number of rotatable bonds is 12. The van der Waals surface area contributed by atoms with Crippen LogP contribution in [0.4, 0.5) is 5.69 Å². The van der Waals surface area contributed by atoms with E-state index in [1.54, 1.807) is 6.92 Å². The first-order chi connectivity index (χ1) is 23.6. The molecular weight excluding hydrogens is 618 g/mol. The minimum absolute atomic E-state index is 0.152. The number of nitrogens with zero attached hydrogens (tertiary/aromatic N) is 1. The lowest BCUT2D eigenvalue weighted by Crippen LogP contribution is -2.61. The first-order valence-electron chi connectivity index (χ1n) is 16.6. The number of methoxy groups -OCH3 is 1. The van der Waals surface area contributed by atoms with Gasteiger partial charge in [-0.3, -0.25) is 9.59 Å². The van der Waals surface area contributed by atoms with Gasteiger partial charge in [0, 0.05) is 25.2 Å². The van der Waals surface area contributed by atoms with Crippen molar-refractivity contribution in [3.8, 4) is 11.1 Å². The third kappa shape index (κ3) is 8.35. The van der Waals surface area contributed by atoms with Gasteiger partial charge in [-0.15, -0.1) is 0 Å². The number of nitrogens with one attached hydrogen (secondary N) is 2. The highest BCUT2D eigenvalue weighted by molar-refractivity contribution is 5.91. The van der Waals surface area contributed by atoms with Crippen LogP contribution in [0, 0.1) is 0 Å². The zero-order chi connectivity index (χ0) is 35.0. The molecule has 9 heteroatoms. The second-order valence-corrected chi connectivity index (χ2v) is 12.7. The van der Waals surface area contributed by atoms with Crippen LogP contribution < -0.4 is 15.5 Å². The monoisotopic (exact) mass is 661 g/mol. The van der Waals surface area contributed by atoms with Gasteiger partial charge < -0.3 is 25.4 Å². The van der Waals surface area contributed by atoms with E-state index in [0.29, 0.717) is 25.9 Å². The summed E-state index contributed by atoms with van der Waals surface area (Å²) in [6.45, 7) is 4.52. The molecular formula is C40H43N3O6. The van der Waals surface area contributed by atoms with Crippen LogP contribution in [0.1, 0.15) is 55.2 Å². The Morgan fingerprint density at radius 1 is 0.755 bits per heavy atom. The predicted molar refractivity (Wildman–Crippen MR) is 189 cm³/mol. The van der Waals surface area contributed by atoms with Crippen LogP contribution in [0.3, 0.4) is 0 Å². The number of anilines is 1. The molecule has 0 spiro atoms. The molecule has 2 unspecified atom stereocenters. The van der Waals surface area contributed by atoms with Crippen LogP contribution in [0.15, 0.2) is 109 Å². The Bertz CT molecular complexity index is 1750. The summed E-state index contributed by atoms with van der Waals surface area (Å²) in [4.78, 5) is 53.9. The van der Waals surface area contributed by atoms with Crippen LogP contribution in [0.2, 0.25) is 0 Å². The van der Waals surface area contributed by atoms with Crippen molar-refractivity contribution in [1.29, 1.82) is 0 Å². The number of hydrogen-bond acceptors (Lipinski definition) is 6. The number of carbonyl (C=O) groups is 4. The van der Waals surface area contributed by atoms with Crippen molar-refractivity contribution in [2.75, 3.05) is 25.1 Å². The summed E-state index contributed by atoms with van der Waals surface area (Å²) in [5.74, 6) is -3.25. The lowest BCUT2D eigenvalue weighted by molar-refractivity contribution is -0.152. The number of amides is 2. The average molecular weight is 662 g/mol. The van der Waals surface area contributed by atoms with Gasteiger partial charge in [0.15, 0.2) is 0 Å². The summed E-state index contributed by atoms with van der Waals surface area (Å²) in [6, 6.07) is 33.5. The Balaban J connectivity index is 1.21. The number of carboxylic acids is 1. The molecule has 3 N–H and O–H groups in total. The van der Waals surface area contributed by atoms with Crippen LogP contribution in [-0.4, -0.2) is 60.6 Å². The van der Waals surface area contributed by atoms with E-state index >= 15 is 0 Å². The number of carbonyl (C=O) groups excluding carboxylic acids is 3. The molecule has 254 valence electrons. The van der Waals surface area contributed by atoms with Crippen molar-refractivity contribution in [2.24, 2.45) is 0 Å². The van der Waals surface area contributed by atoms with Gasteiger partial charge in [0.1, 0.15) is 11.6 Å². The Morgan fingerprint density at radius 2 is 1.33 bits per heavy atom. The van der Waals surface area contributed by atoms with Crippen molar-refractivity contribution < 1.29 is 29.0 Å². The maximum absolute atomic E-state index is 13.3. The van der Waals surface area contributed by atoms with E-state index in [2.05, 4.69) is 15.5 Å². The lowest BCUT2D eigenvalue weighted by atomic mass is 9.85. The molecule has 4 aromatic carbocycles. The fourth-order valence-electron chi connectivity index (χ4n) is 6.30. The maximum Gasteiger partial charge on any atom is 0.331 e. The summed E-state index contributed by atoms with van der Waals surface area (Å²) in [6.07, 6.45) is 0.846. The molecule has 4 aromatic rings. The van der Waals surface area contributed by atoms with Gasteiger partial charge in [-0.2, -0.15) is 0 Å². The summed E-state index contributed by atoms with van der Waals surface area (Å²) < 4.78 is 5.15. The smallest absolute Gasteiger partial charge is 0.331 e. The predicted octanol–water partition coefficient (Wildman–Crippen LogP) is 5.70. The molecule has 0 aliphatic carbocycles. The number of carboxylic acid groups (broad SMARTS) is 1. The minimum Gasteiger partial charge on any atom is -0.480 e. The topological polar surface area (TPSA) is 125 Å². The molecule has 1 saturated heterocycles. The molecule has 1 heterocycles. The summed E-state index contributed by atoms with van der Waals surface area (Å²) in [7, 11) is 1.33. The number of benzene rings is 4. The summed E-state index contributed by atoms with van der Waals surface area (Å²) in [5, 5.41) is 15.7. The van der Waals surface area contributed by atoms with Gasteiger partial charge in [0.2, 0.25) is 11.8 Å². The molecule has 1 fully saturated rings. The minimum atomic E-state index is -1.15. The van der Waals surface area contributed by atoms with E-state index < -0.39 is 35.4 Å². The zero-order valence-corrected chi connectivity index (χ0v) is 28.1.